The van der Waals surface area contributed by atoms with Crippen LogP contribution in [0.1, 0.15) is 0 Å². The minimum Gasteiger partial charge on any atom is -0.310 e. The fourth-order valence-electron chi connectivity index (χ4n) is 7.72. The summed E-state index contributed by atoms with van der Waals surface area (Å²) in [6.07, 6.45) is 0. The summed E-state index contributed by atoms with van der Waals surface area (Å²) in [5, 5.41) is 7.03. The Morgan fingerprint density at radius 2 is 0.667 bits per heavy atom. The Kier molecular flexibility index (Phi) is 8.20. The van der Waals surface area contributed by atoms with E-state index >= 15 is 0 Å². The third kappa shape index (κ3) is 6.33. The predicted molar refractivity (Wildman–Crippen MR) is 244 cm³/mol. The van der Waals surface area contributed by atoms with E-state index in [2.05, 4.69) is 193 Å². The zero-order chi connectivity index (χ0) is 37.7. The molecule has 9 aromatic carbocycles. The maximum atomic E-state index is 4.86. The van der Waals surface area contributed by atoms with Crippen molar-refractivity contribution in [3.8, 4) is 43.4 Å². The third-order valence-corrected chi connectivity index (χ3v) is 12.9. The molecule has 268 valence electrons. The van der Waals surface area contributed by atoms with Crippen LogP contribution in [0, 0.1) is 0 Å². The number of thiazole rings is 2. The van der Waals surface area contributed by atoms with Crippen LogP contribution in [0.5, 0.6) is 0 Å². The quantitative estimate of drug-likeness (QED) is 0.151. The normalized spacial score (nSPS) is 11.5. The Bertz CT molecular complexity index is 2990. The molecule has 3 nitrogen and oxygen atoms in total. The van der Waals surface area contributed by atoms with Crippen molar-refractivity contribution in [2.45, 2.75) is 0 Å². The van der Waals surface area contributed by atoms with Crippen molar-refractivity contribution < 1.29 is 0 Å². The fraction of sp³-hybridized carbons (Fsp3) is 0. The summed E-state index contributed by atoms with van der Waals surface area (Å²) in [5.74, 6) is 0. The number of aromatic nitrogens is 2. The number of para-hydroxylation sites is 2. The van der Waals surface area contributed by atoms with E-state index in [0.29, 0.717) is 0 Å². The van der Waals surface area contributed by atoms with Crippen molar-refractivity contribution in [2.75, 3.05) is 4.90 Å². The van der Waals surface area contributed by atoms with Crippen LogP contribution in [0.15, 0.2) is 200 Å². The van der Waals surface area contributed by atoms with Crippen LogP contribution in [0.2, 0.25) is 0 Å². The van der Waals surface area contributed by atoms with Gasteiger partial charge in [0.1, 0.15) is 10.0 Å². The summed E-state index contributed by atoms with van der Waals surface area (Å²) in [7, 11) is 0. The van der Waals surface area contributed by atoms with Gasteiger partial charge in [0.2, 0.25) is 0 Å². The molecule has 5 heteroatoms. The Labute approximate surface area is 338 Å². The molecule has 0 unspecified atom stereocenters. The molecular weight excluding hydrogens is 731 g/mol. The lowest BCUT2D eigenvalue weighted by Crippen LogP contribution is -2.09. The molecule has 2 heterocycles. The van der Waals surface area contributed by atoms with Crippen molar-refractivity contribution in [3.63, 3.8) is 0 Å². The lowest BCUT2D eigenvalue weighted by molar-refractivity contribution is 1.29. The first-order valence-corrected chi connectivity index (χ1v) is 20.7. The predicted octanol–water partition coefficient (Wildman–Crippen LogP) is 15.4. The van der Waals surface area contributed by atoms with Crippen LogP contribution in [0.4, 0.5) is 17.1 Å². The number of nitrogens with zero attached hydrogens (tertiary/aromatic N) is 3. The van der Waals surface area contributed by atoms with Crippen molar-refractivity contribution in [3.05, 3.63) is 200 Å². The van der Waals surface area contributed by atoms with Gasteiger partial charge in [0.05, 0.1) is 20.4 Å². The first-order chi connectivity index (χ1) is 28.2. The number of hydrogen-bond acceptors (Lipinski definition) is 5. The molecule has 0 fully saturated rings. The molecule has 0 aliphatic heterocycles. The van der Waals surface area contributed by atoms with Crippen LogP contribution in [-0.2, 0) is 0 Å². The molecule has 0 saturated heterocycles. The van der Waals surface area contributed by atoms with E-state index in [4.69, 9.17) is 9.97 Å². The standard InChI is InChI=1S/C52H33N3S2/c1-2-8-41-32-43-33-46(30-25-42(43)31-40(41)7-1)55(44-26-21-36(22-27-44)34-13-17-38(18-14-34)51-53-47-9-3-5-11-49(47)56-51)45-28-23-37(24-29-45)35-15-19-39(20-16-35)52-54-48-10-4-6-12-50(48)57-52/h1-33H. The maximum Gasteiger partial charge on any atom is 0.124 e. The van der Waals surface area contributed by atoms with Gasteiger partial charge in [-0.05, 0) is 117 Å². The maximum absolute atomic E-state index is 4.86. The summed E-state index contributed by atoms with van der Waals surface area (Å²) in [6.45, 7) is 0. The summed E-state index contributed by atoms with van der Waals surface area (Å²) >= 11 is 3.47. The monoisotopic (exact) mass is 763 g/mol. The summed E-state index contributed by atoms with van der Waals surface area (Å²) in [6, 6.07) is 72.0. The largest absolute Gasteiger partial charge is 0.310 e. The molecule has 0 bridgehead atoms. The van der Waals surface area contributed by atoms with Gasteiger partial charge in [-0.3, -0.25) is 0 Å². The highest BCUT2D eigenvalue weighted by Crippen LogP contribution is 2.40. The van der Waals surface area contributed by atoms with Gasteiger partial charge >= 0.3 is 0 Å². The molecular formula is C52H33N3S2. The van der Waals surface area contributed by atoms with Gasteiger partial charge in [0.25, 0.3) is 0 Å². The molecule has 0 amide bonds. The van der Waals surface area contributed by atoms with Crippen LogP contribution < -0.4 is 4.90 Å². The Morgan fingerprint density at radius 1 is 0.298 bits per heavy atom. The molecule has 0 spiro atoms. The molecule has 11 aromatic rings. The first-order valence-electron chi connectivity index (χ1n) is 19.0. The zero-order valence-corrected chi connectivity index (χ0v) is 32.3. The van der Waals surface area contributed by atoms with E-state index < -0.39 is 0 Å². The van der Waals surface area contributed by atoms with E-state index in [1.54, 1.807) is 22.7 Å². The first kappa shape index (κ1) is 33.4. The summed E-state index contributed by atoms with van der Waals surface area (Å²) in [4.78, 5) is 12.1. The van der Waals surface area contributed by atoms with Gasteiger partial charge in [-0.2, -0.15) is 0 Å². The van der Waals surface area contributed by atoms with E-state index in [-0.39, 0.29) is 0 Å². The van der Waals surface area contributed by atoms with Crippen molar-refractivity contribution in [1.82, 2.24) is 9.97 Å². The Morgan fingerprint density at radius 3 is 1.14 bits per heavy atom. The lowest BCUT2D eigenvalue weighted by Gasteiger charge is -2.26. The molecule has 2 aromatic heterocycles. The Balaban J connectivity index is 0.923. The lowest BCUT2D eigenvalue weighted by atomic mass is 10.0. The molecule has 0 radical (unpaired) electrons. The SMILES string of the molecule is c1ccc2cc3cc(N(c4ccc(-c5ccc(-c6nc7ccccc7s6)cc5)cc4)c4ccc(-c5ccc(-c6nc7ccccc7s6)cc5)cc4)ccc3cc2c1. The Hall–Kier alpha value is -6.92. The molecule has 0 saturated carbocycles. The minimum atomic E-state index is 1.05. The van der Waals surface area contributed by atoms with Crippen LogP contribution in [0.3, 0.4) is 0 Å². The van der Waals surface area contributed by atoms with Gasteiger partial charge < -0.3 is 4.90 Å². The van der Waals surface area contributed by atoms with Gasteiger partial charge in [0.15, 0.2) is 0 Å². The van der Waals surface area contributed by atoms with Crippen LogP contribution in [-0.4, -0.2) is 9.97 Å². The molecule has 0 aliphatic carbocycles. The summed E-state index contributed by atoms with van der Waals surface area (Å²) < 4.78 is 2.42. The average Bonchev–Trinajstić information content (AvgIpc) is 3.92. The van der Waals surface area contributed by atoms with Crippen LogP contribution >= 0.6 is 22.7 Å². The van der Waals surface area contributed by atoms with Gasteiger partial charge in [-0.25, -0.2) is 9.97 Å². The van der Waals surface area contributed by atoms with Crippen molar-refractivity contribution in [1.29, 1.82) is 0 Å². The molecule has 0 aliphatic rings. The number of fused-ring (bicyclic) bond motifs is 4. The second kappa shape index (κ2) is 14.0. The highest BCUT2D eigenvalue weighted by Gasteiger charge is 2.15. The average molecular weight is 764 g/mol. The van der Waals surface area contributed by atoms with E-state index in [9.17, 15) is 0 Å². The zero-order valence-electron chi connectivity index (χ0n) is 30.7. The van der Waals surface area contributed by atoms with Gasteiger partial charge in [-0.15, -0.1) is 22.7 Å². The second-order valence-electron chi connectivity index (χ2n) is 14.3. The topological polar surface area (TPSA) is 29.0 Å². The number of benzene rings is 9. The fourth-order valence-corrected chi connectivity index (χ4v) is 9.66. The molecule has 57 heavy (non-hydrogen) atoms. The van der Waals surface area contributed by atoms with Crippen LogP contribution in [0.25, 0.3) is 85.4 Å². The van der Waals surface area contributed by atoms with Gasteiger partial charge in [-0.1, -0.05) is 127 Å². The second-order valence-corrected chi connectivity index (χ2v) is 16.3. The van der Waals surface area contributed by atoms with Crippen molar-refractivity contribution in [2.24, 2.45) is 0 Å². The molecule has 11 rings (SSSR count). The minimum absolute atomic E-state index is 1.05. The number of hydrogen-bond donors (Lipinski definition) is 0. The molecule has 0 N–H and O–H groups in total. The number of anilines is 3. The van der Waals surface area contributed by atoms with E-state index in [1.165, 1.54) is 53.2 Å². The smallest absolute Gasteiger partial charge is 0.124 e. The molecule has 0 atom stereocenters. The van der Waals surface area contributed by atoms with E-state index in [0.717, 1.165) is 49.2 Å². The number of rotatable bonds is 7. The van der Waals surface area contributed by atoms with E-state index in [1.807, 2.05) is 12.1 Å². The third-order valence-electron chi connectivity index (χ3n) is 10.7. The van der Waals surface area contributed by atoms with Gasteiger partial charge in [0, 0.05) is 28.2 Å². The van der Waals surface area contributed by atoms with Crippen molar-refractivity contribution >= 4 is 81.7 Å². The highest BCUT2D eigenvalue weighted by molar-refractivity contribution is 7.22. The highest BCUT2D eigenvalue weighted by atomic mass is 32.1. The summed E-state index contributed by atoms with van der Waals surface area (Å²) in [5.41, 5.74) is 12.4.